The third-order valence-corrected chi connectivity index (χ3v) is 5.08. The highest BCUT2D eigenvalue weighted by Gasteiger charge is 2.50. The lowest BCUT2D eigenvalue weighted by Gasteiger charge is -2.47. The van der Waals surface area contributed by atoms with Crippen molar-refractivity contribution in [3.8, 4) is 0 Å². The first-order valence-electron chi connectivity index (χ1n) is 9.50. The van der Waals surface area contributed by atoms with Gasteiger partial charge in [-0.2, -0.15) is 0 Å². The SMILES string of the molecule is CO[C@H]1OC2COC(c3ccccc3)O[C@H]2C(OCc2ccccc2)C1N=[N+]=[N-]. The molecule has 2 saturated heterocycles. The first-order chi connectivity index (χ1) is 14.3. The fourth-order valence-corrected chi connectivity index (χ4v) is 3.67. The van der Waals surface area contributed by atoms with Crippen molar-refractivity contribution in [1.82, 2.24) is 0 Å². The number of hydrogen-bond donors (Lipinski definition) is 0. The average Bonchev–Trinajstić information content (AvgIpc) is 2.79. The summed E-state index contributed by atoms with van der Waals surface area (Å²) in [6.45, 7) is 0.668. The molecule has 0 bridgehead atoms. The molecule has 0 saturated carbocycles. The highest BCUT2D eigenvalue weighted by Crippen LogP contribution is 2.36. The molecule has 152 valence electrons. The van der Waals surface area contributed by atoms with Crippen LogP contribution in [0.3, 0.4) is 0 Å². The van der Waals surface area contributed by atoms with Crippen LogP contribution in [-0.4, -0.2) is 44.4 Å². The Morgan fingerprint density at radius 1 is 1.07 bits per heavy atom. The highest BCUT2D eigenvalue weighted by molar-refractivity contribution is 5.17. The zero-order valence-corrected chi connectivity index (χ0v) is 16.0. The molecule has 29 heavy (non-hydrogen) atoms. The van der Waals surface area contributed by atoms with Gasteiger partial charge in [0.2, 0.25) is 0 Å². The van der Waals surface area contributed by atoms with E-state index in [2.05, 4.69) is 10.0 Å². The van der Waals surface area contributed by atoms with E-state index in [0.29, 0.717) is 13.2 Å². The second-order valence-electron chi connectivity index (χ2n) is 6.91. The lowest BCUT2D eigenvalue weighted by molar-refractivity contribution is -0.344. The van der Waals surface area contributed by atoms with E-state index in [1.807, 2.05) is 60.7 Å². The summed E-state index contributed by atoms with van der Waals surface area (Å²) in [5.74, 6) is 0. The number of azide groups is 1. The minimum Gasteiger partial charge on any atom is -0.370 e. The van der Waals surface area contributed by atoms with Crippen molar-refractivity contribution in [3.63, 3.8) is 0 Å². The van der Waals surface area contributed by atoms with Gasteiger partial charge < -0.3 is 23.7 Å². The van der Waals surface area contributed by atoms with Crippen LogP contribution in [-0.2, 0) is 30.3 Å². The number of ether oxygens (including phenoxy) is 5. The molecule has 6 atom stereocenters. The van der Waals surface area contributed by atoms with E-state index in [4.69, 9.17) is 29.2 Å². The standard InChI is InChI=1S/C21H23N3O5/c1-25-21-17(23-24-22)19(26-12-14-8-4-2-5-9-14)18-16(28-21)13-27-20(29-18)15-10-6-3-7-11-15/h2-11,16-21H,12-13H2,1H3/t16?,17?,18-,19?,20?,21+/m1/s1. The van der Waals surface area contributed by atoms with Crippen molar-refractivity contribution in [2.24, 2.45) is 5.11 Å². The number of benzene rings is 2. The Kier molecular flexibility index (Phi) is 6.41. The highest BCUT2D eigenvalue weighted by atomic mass is 16.7. The Hall–Kier alpha value is -2.45. The molecule has 4 rings (SSSR count). The molecule has 2 aromatic rings. The van der Waals surface area contributed by atoms with E-state index in [-0.39, 0.29) is 0 Å². The van der Waals surface area contributed by atoms with Gasteiger partial charge in [-0.1, -0.05) is 65.8 Å². The summed E-state index contributed by atoms with van der Waals surface area (Å²) >= 11 is 0. The average molecular weight is 397 g/mol. The van der Waals surface area contributed by atoms with Crippen LogP contribution in [0, 0.1) is 0 Å². The van der Waals surface area contributed by atoms with Gasteiger partial charge in [-0.05, 0) is 11.1 Å². The molecule has 0 amide bonds. The number of fused-ring (bicyclic) bond motifs is 1. The fourth-order valence-electron chi connectivity index (χ4n) is 3.67. The summed E-state index contributed by atoms with van der Waals surface area (Å²) in [6.07, 6.45) is -2.71. The first-order valence-corrected chi connectivity index (χ1v) is 9.50. The second kappa shape index (κ2) is 9.37. The number of nitrogens with zero attached hydrogens (tertiary/aromatic N) is 3. The van der Waals surface area contributed by atoms with Gasteiger partial charge in [0, 0.05) is 17.6 Å². The van der Waals surface area contributed by atoms with Crippen molar-refractivity contribution < 1.29 is 23.7 Å². The fraction of sp³-hybridized carbons (Fsp3) is 0.429. The lowest BCUT2D eigenvalue weighted by atomic mass is 9.96. The van der Waals surface area contributed by atoms with E-state index < -0.39 is 36.9 Å². The van der Waals surface area contributed by atoms with Gasteiger partial charge in [0.15, 0.2) is 12.6 Å². The first kappa shape index (κ1) is 19.8. The molecule has 2 aliphatic rings. The van der Waals surface area contributed by atoms with Crippen molar-refractivity contribution in [2.45, 2.75) is 43.5 Å². The van der Waals surface area contributed by atoms with Gasteiger partial charge in [-0.25, -0.2) is 0 Å². The van der Waals surface area contributed by atoms with Crippen LogP contribution in [0.4, 0.5) is 0 Å². The molecule has 2 heterocycles. The van der Waals surface area contributed by atoms with Gasteiger partial charge in [-0.3, -0.25) is 0 Å². The summed E-state index contributed by atoms with van der Waals surface area (Å²) in [5, 5.41) is 3.90. The van der Waals surface area contributed by atoms with E-state index in [1.54, 1.807) is 0 Å². The Labute approximate surface area is 168 Å². The smallest absolute Gasteiger partial charge is 0.184 e. The van der Waals surface area contributed by atoms with Gasteiger partial charge in [0.05, 0.1) is 13.2 Å². The van der Waals surface area contributed by atoms with Crippen LogP contribution in [0.2, 0.25) is 0 Å². The molecule has 2 fully saturated rings. The maximum atomic E-state index is 9.09. The van der Waals surface area contributed by atoms with Crippen LogP contribution in [0.1, 0.15) is 17.4 Å². The Balaban J connectivity index is 1.58. The molecule has 2 aromatic carbocycles. The summed E-state index contributed by atoms with van der Waals surface area (Å²) < 4.78 is 29.7. The molecule has 0 aromatic heterocycles. The molecule has 0 N–H and O–H groups in total. The molecule has 8 nitrogen and oxygen atoms in total. The maximum absolute atomic E-state index is 9.09. The Bertz CT molecular complexity index is 831. The van der Waals surface area contributed by atoms with Gasteiger partial charge in [0.25, 0.3) is 0 Å². The molecule has 8 heteroatoms. The predicted octanol–water partition coefficient (Wildman–Crippen LogP) is 3.74. The van der Waals surface area contributed by atoms with E-state index in [1.165, 1.54) is 7.11 Å². The number of rotatable bonds is 6. The molecule has 0 aliphatic carbocycles. The monoisotopic (exact) mass is 397 g/mol. The summed E-state index contributed by atoms with van der Waals surface area (Å²) in [4.78, 5) is 2.98. The number of hydrogen-bond acceptors (Lipinski definition) is 6. The molecular weight excluding hydrogens is 374 g/mol. The zero-order valence-electron chi connectivity index (χ0n) is 16.0. The third-order valence-electron chi connectivity index (χ3n) is 5.08. The zero-order chi connectivity index (χ0) is 20.1. The van der Waals surface area contributed by atoms with E-state index >= 15 is 0 Å². The molecule has 2 aliphatic heterocycles. The minimum absolute atomic E-state index is 0.318. The van der Waals surface area contributed by atoms with Crippen LogP contribution >= 0.6 is 0 Å². The van der Waals surface area contributed by atoms with Crippen LogP contribution in [0.15, 0.2) is 65.8 Å². The van der Waals surface area contributed by atoms with Crippen molar-refractivity contribution in [2.75, 3.05) is 13.7 Å². The second-order valence-corrected chi connectivity index (χ2v) is 6.91. The van der Waals surface area contributed by atoms with Crippen LogP contribution < -0.4 is 0 Å². The largest absolute Gasteiger partial charge is 0.370 e. The van der Waals surface area contributed by atoms with Crippen molar-refractivity contribution >= 4 is 0 Å². The molecule has 0 radical (unpaired) electrons. The molecular formula is C21H23N3O5. The van der Waals surface area contributed by atoms with Gasteiger partial charge in [-0.15, -0.1) is 0 Å². The molecule has 0 spiro atoms. The van der Waals surface area contributed by atoms with Crippen LogP contribution in [0.25, 0.3) is 10.4 Å². The lowest BCUT2D eigenvalue weighted by Crippen LogP contribution is -2.62. The number of methoxy groups -OCH3 is 1. The summed E-state index contributed by atoms with van der Waals surface area (Å²) in [7, 11) is 1.51. The summed E-state index contributed by atoms with van der Waals surface area (Å²) in [6, 6.07) is 18.8. The van der Waals surface area contributed by atoms with Crippen LogP contribution in [0.5, 0.6) is 0 Å². The Morgan fingerprint density at radius 3 is 2.48 bits per heavy atom. The topological polar surface area (TPSA) is 94.9 Å². The Morgan fingerprint density at radius 2 is 1.79 bits per heavy atom. The minimum atomic E-state index is -0.742. The van der Waals surface area contributed by atoms with Gasteiger partial charge in [0.1, 0.15) is 24.4 Å². The van der Waals surface area contributed by atoms with E-state index in [9.17, 15) is 0 Å². The quantitative estimate of drug-likeness (QED) is 0.420. The normalized spacial score (nSPS) is 31.5. The van der Waals surface area contributed by atoms with Crippen molar-refractivity contribution in [1.29, 1.82) is 0 Å². The molecule has 4 unspecified atom stereocenters. The predicted molar refractivity (Wildman–Crippen MR) is 104 cm³/mol. The van der Waals surface area contributed by atoms with Crippen molar-refractivity contribution in [3.05, 3.63) is 82.2 Å². The third kappa shape index (κ3) is 4.43. The maximum Gasteiger partial charge on any atom is 0.184 e. The van der Waals surface area contributed by atoms with E-state index in [0.717, 1.165) is 11.1 Å². The summed E-state index contributed by atoms with van der Waals surface area (Å²) in [5.41, 5.74) is 11.0. The van der Waals surface area contributed by atoms with Gasteiger partial charge >= 0.3 is 0 Å².